The van der Waals surface area contributed by atoms with Crippen LogP contribution in [-0.4, -0.2) is 87.1 Å². The molecule has 7 nitrogen and oxygen atoms in total. The highest BCUT2D eigenvalue weighted by molar-refractivity contribution is 5.80. The number of hydrogen-bond donors (Lipinski definition) is 1. The minimum absolute atomic E-state index is 0.0311. The summed E-state index contributed by atoms with van der Waals surface area (Å²) >= 11 is 0. The van der Waals surface area contributed by atoms with Gasteiger partial charge in [-0.25, -0.2) is 0 Å². The number of ether oxygens (including phenoxy) is 3. The van der Waals surface area contributed by atoms with Crippen molar-refractivity contribution < 1.29 is 14.2 Å². The number of rotatable bonds is 1. The fourth-order valence-electron chi connectivity index (χ4n) is 15.6. The number of nitrogens with zero attached hydrogens (tertiary/aromatic N) is 3. The average molecular weight is 643 g/mol. The lowest BCUT2D eigenvalue weighted by Gasteiger charge is -2.65. The third kappa shape index (κ3) is 2.62. The number of allylic oxidation sites excluding steroid dienone is 2. The third-order valence-corrected chi connectivity index (χ3v) is 16.4. The van der Waals surface area contributed by atoms with Gasteiger partial charge in [0.2, 0.25) is 0 Å². The molecule has 0 amide bonds. The van der Waals surface area contributed by atoms with Crippen molar-refractivity contribution in [3.8, 4) is 5.75 Å². The van der Waals surface area contributed by atoms with Crippen molar-refractivity contribution in [1.29, 1.82) is 0 Å². The second-order valence-electron chi connectivity index (χ2n) is 17.7. The van der Waals surface area contributed by atoms with E-state index in [1.165, 1.54) is 87.2 Å². The minimum atomic E-state index is 0.0311. The van der Waals surface area contributed by atoms with E-state index >= 15 is 0 Å². The highest BCUT2D eigenvalue weighted by Gasteiger charge is 2.76. The monoisotopic (exact) mass is 642 g/mol. The van der Waals surface area contributed by atoms with Crippen LogP contribution in [0.5, 0.6) is 5.75 Å². The van der Waals surface area contributed by atoms with E-state index in [1.807, 2.05) is 7.11 Å². The number of benzene rings is 2. The van der Waals surface area contributed by atoms with E-state index in [-0.39, 0.29) is 33.2 Å². The quantitative estimate of drug-likeness (QED) is 0.437. The first-order valence-corrected chi connectivity index (χ1v) is 19.0. The average Bonchev–Trinajstić information content (AvgIpc) is 3.95. The normalized spacial score (nSPS) is 46.7. The summed E-state index contributed by atoms with van der Waals surface area (Å²) in [7, 11) is 1.89. The summed E-state index contributed by atoms with van der Waals surface area (Å²) in [5.41, 5.74) is 11.1. The molecule has 2 unspecified atom stereocenters. The molecule has 2 aromatic carbocycles. The van der Waals surface area contributed by atoms with Crippen LogP contribution < -0.4 is 15.0 Å². The van der Waals surface area contributed by atoms with Crippen LogP contribution in [0.3, 0.4) is 0 Å². The summed E-state index contributed by atoms with van der Waals surface area (Å²) in [6.45, 7) is 7.50. The Morgan fingerprint density at radius 3 is 2.60 bits per heavy atom. The van der Waals surface area contributed by atoms with Crippen LogP contribution in [0.4, 0.5) is 11.4 Å². The Hall–Kier alpha value is -2.84. The molecule has 0 radical (unpaired) electrons. The van der Waals surface area contributed by atoms with Crippen molar-refractivity contribution in [2.45, 2.75) is 86.5 Å². The first-order valence-electron chi connectivity index (χ1n) is 19.0. The van der Waals surface area contributed by atoms with Crippen molar-refractivity contribution >= 4 is 11.4 Å². The predicted molar refractivity (Wildman–Crippen MR) is 183 cm³/mol. The van der Waals surface area contributed by atoms with Gasteiger partial charge in [-0.05, 0) is 93.3 Å². The van der Waals surface area contributed by atoms with Gasteiger partial charge in [-0.3, -0.25) is 9.80 Å². The molecule has 5 spiro atoms. The summed E-state index contributed by atoms with van der Waals surface area (Å²) in [5, 5.41) is 3.93. The number of nitrogens with one attached hydrogen (secondary N) is 1. The summed E-state index contributed by atoms with van der Waals surface area (Å²) in [5.74, 6) is 1.05. The van der Waals surface area contributed by atoms with Crippen molar-refractivity contribution in [1.82, 2.24) is 9.80 Å². The maximum atomic E-state index is 7.26. The number of piperidine rings is 2. The molecule has 2 aliphatic carbocycles. The lowest BCUT2D eigenvalue weighted by Crippen LogP contribution is -2.72. The number of fused-ring (bicyclic) bond motifs is 4. The van der Waals surface area contributed by atoms with Crippen LogP contribution in [0.1, 0.15) is 62.5 Å². The molecule has 0 saturated carbocycles. The molecular formula is C41H46N4O3. The summed E-state index contributed by atoms with van der Waals surface area (Å²) in [6.07, 6.45) is 12.7. The van der Waals surface area contributed by atoms with Crippen LogP contribution in [0, 0.1) is 16.2 Å². The number of anilines is 2. The first kappa shape index (κ1) is 27.0. The number of para-hydroxylation sites is 2. The van der Waals surface area contributed by atoms with Gasteiger partial charge in [0.15, 0.2) is 0 Å². The maximum absolute atomic E-state index is 7.26. The highest BCUT2D eigenvalue weighted by atomic mass is 16.5. The van der Waals surface area contributed by atoms with Gasteiger partial charge in [0.25, 0.3) is 0 Å². The van der Waals surface area contributed by atoms with E-state index < -0.39 is 0 Å². The fourth-order valence-corrected chi connectivity index (χ4v) is 15.6. The van der Waals surface area contributed by atoms with E-state index in [9.17, 15) is 0 Å². The van der Waals surface area contributed by atoms with Gasteiger partial charge in [0.1, 0.15) is 5.75 Å². The van der Waals surface area contributed by atoms with Crippen LogP contribution in [0.2, 0.25) is 0 Å². The Morgan fingerprint density at radius 2 is 1.65 bits per heavy atom. The largest absolute Gasteiger partial charge is 0.495 e. The van der Waals surface area contributed by atoms with Crippen molar-refractivity contribution in [2.24, 2.45) is 16.2 Å². The lowest BCUT2D eigenvalue weighted by molar-refractivity contribution is -0.145. The van der Waals surface area contributed by atoms with E-state index in [0.717, 1.165) is 38.5 Å². The Bertz CT molecular complexity index is 1910. The predicted octanol–water partition coefficient (Wildman–Crippen LogP) is 5.57. The Labute approximate surface area is 283 Å². The van der Waals surface area contributed by atoms with Crippen molar-refractivity contribution in [3.05, 3.63) is 76.6 Å². The van der Waals surface area contributed by atoms with Gasteiger partial charge in [-0.2, -0.15) is 0 Å². The van der Waals surface area contributed by atoms with Gasteiger partial charge >= 0.3 is 0 Å². The topological polar surface area (TPSA) is 49.4 Å². The second kappa shape index (κ2) is 8.37. The molecule has 9 heterocycles. The molecule has 0 aromatic heterocycles. The molecule has 7 heteroatoms. The Morgan fingerprint density at radius 1 is 0.812 bits per heavy atom. The van der Waals surface area contributed by atoms with Crippen molar-refractivity contribution in [3.63, 3.8) is 0 Å². The summed E-state index contributed by atoms with van der Waals surface area (Å²) in [6, 6.07) is 17.2. The van der Waals surface area contributed by atoms with E-state index in [2.05, 4.69) is 68.6 Å². The molecule has 6 saturated heterocycles. The molecule has 11 aliphatic rings. The van der Waals surface area contributed by atoms with E-state index in [4.69, 9.17) is 14.2 Å². The lowest BCUT2D eigenvalue weighted by atomic mass is 9.48. The van der Waals surface area contributed by atoms with Crippen molar-refractivity contribution in [2.75, 3.05) is 63.3 Å². The summed E-state index contributed by atoms with van der Waals surface area (Å²) < 4.78 is 20.3. The number of methoxy groups -OCH3 is 1. The minimum Gasteiger partial charge on any atom is -0.495 e. The van der Waals surface area contributed by atoms with Gasteiger partial charge in [-0.1, -0.05) is 36.4 Å². The van der Waals surface area contributed by atoms with Crippen LogP contribution in [0.15, 0.2) is 65.5 Å². The number of hydrogen-bond acceptors (Lipinski definition) is 7. The molecule has 6 fully saturated rings. The fraction of sp³-hybridized carbons (Fsp3) is 0.610. The smallest absolute Gasteiger partial charge is 0.142 e. The standard InChI is InChI=1S/C41H46N4O3/c1-46-29-8-4-6-27-32(29)45-24-37(21-25-22-39-15-19-47-31(39)10-16-43-17-13-41(27,33(25)45)35(39)43)23-44-18-12-40-26-5-2-3-7-28(26)42-30(40)9-11-38(34(40)44)14-20-48-36(37)38/h2-9,31,34-36,42H,10-24H2,1H3/t31-,34-,35-,36-,37?,38+,39?,40-,41-/m0/s1. The zero-order chi connectivity index (χ0) is 31.3. The summed E-state index contributed by atoms with van der Waals surface area (Å²) in [4.78, 5) is 8.74. The molecule has 0 bridgehead atoms. The van der Waals surface area contributed by atoms with Gasteiger partial charge in [0, 0.05) is 78.3 Å². The molecule has 13 rings (SSSR count). The van der Waals surface area contributed by atoms with E-state index in [1.54, 1.807) is 16.8 Å². The van der Waals surface area contributed by atoms with Crippen LogP contribution in [0.25, 0.3) is 0 Å². The zero-order valence-electron chi connectivity index (χ0n) is 28.1. The molecular weight excluding hydrogens is 596 g/mol. The molecule has 48 heavy (non-hydrogen) atoms. The van der Waals surface area contributed by atoms with Crippen LogP contribution >= 0.6 is 0 Å². The molecule has 2 aromatic rings. The molecule has 9 aliphatic heterocycles. The second-order valence-corrected chi connectivity index (χ2v) is 17.7. The van der Waals surface area contributed by atoms with E-state index in [0.29, 0.717) is 18.2 Å². The Balaban J connectivity index is 1.02. The third-order valence-electron chi connectivity index (χ3n) is 16.4. The zero-order valence-corrected chi connectivity index (χ0v) is 28.1. The van der Waals surface area contributed by atoms with Gasteiger partial charge in [0.05, 0.1) is 35.8 Å². The maximum Gasteiger partial charge on any atom is 0.142 e. The van der Waals surface area contributed by atoms with Crippen LogP contribution in [-0.2, 0) is 20.3 Å². The Kier molecular flexibility index (Phi) is 4.70. The molecule has 248 valence electrons. The first-order chi connectivity index (χ1) is 23.6. The highest BCUT2D eigenvalue weighted by Crippen LogP contribution is 2.74. The SMILES string of the molecule is COc1cccc2c1N1CC3(CC4=C1[C@]21CCN2CC[C@@H]5OCCC5(C4)[C@H]21)CN1CC[C@]24C(=CC[C@@]5(CCO[C@@H]35)[C@H]12)Nc1ccccc14. The molecule has 1 N–H and O–H groups in total. The van der Waals surface area contributed by atoms with Gasteiger partial charge < -0.3 is 24.4 Å². The van der Waals surface area contributed by atoms with Gasteiger partial charge in [-0.15, -0.1) is 0 Å². The molecule has 9 atom stereocenters.